The third kappa shape index (κ3) is 3.56. The number of aromatic nitrogens is 3. The van der Waals surface area contributed by atoms with E-state index in [9.17, 15) is 9.59 Å². The van der Waals surface area contributed by atoms with E-state index >= 15 is 0 Å². The number of amides is 2. The van der Waals surface area contributed by atoms with Gasteiger partial charge >= 0.3 is 0 Å². The topological polar surface area (TPSA) is 113 Å². The Morgan fingerprint density at radius 3 is 2.60 bits per heavy atom. The van der Waals surface area contributed by atoms with Crippen LogP contribution in [-0.2, 0) is 0 Å². The third-order valence-corrected chi connectivity index (χ3v) is 4.03. The smallest absolute Gasteiger partial charge is 0.286 e. The number of carbonyl (C=O) groups excluding carboxylic acids is 2. The molecule has 0 aliphatic carbocycles. The average Bonchev–Trinajstić information content (AvgIpc) is 3.31. The van der Waals surface area contributed by atoms with Crippen LogP contribution in [0.5, 0.6) is 0 Å². The zero-order valence-electron chi connectivity index (χ0n) is 13.5. The molecule has 0 saturated heterocycles. The van der Waals surface area contributed by atoms with Crippen molar-refractivity contribution in [1.82, 2.24) is 25.8 Å². The van der Waals surface area contributed by atoms with Crippen LogP contribution in [0.15, 0.2) is 46.2 Å². The van der Waals surface area contributed by atoms with Crippen molar-refractivity contribution < 1.29 is 14.0 Å². The standard InChI is InChI=1S/C16H15N5O3S/c1-9-12(15(23)21-20-14(22)10-5-3-7-17-10)16(25-2)19-13(18-9)11-6-4-8-24-11/h3-8,17H,1-2H3,(H,20,22)(H,21,23). The molecule has 8 nitrogen and oxygen atoms in total. The van der Waals surface area contributed by atoms with E-state index in [1.165, 1.54) is 18.0 Å². The normalized spacial score (nSPS) is 10.5. The molecule has 0 atom stereocenters. The lowest BCUT2D eigenvalue weighted by Gasteiger charge is -2.12. The molecule has 3 N–H and O–H groups in total. The maximum absolute atomic E-state index is 12.5. The summed E-state index contributed by atoms with van der Waals surface area (Å²) in [5, 5.41) is 0.491. The second-order valence-corrected chi connectivity index (χ2v) is 5.78. The highest BCUT2D eigenvalue weighted by atomic mass is 32.2. The van der Waals surface area contributed by atoms with Gasteiger partial charge in [0.25, 0.3) is 11.8 Å². The fourth-order valence-corrected chi connectivity index (χ4v) is 2.81. The summed E-state index contributed by atoms with van der Waals surface area (Å²) >= 11 is 1.31. The van der Waals surface area contributed by atoms with E-state index in [0.29, 0.717) is 33.6 Å². The van der Waals surface area contributed by atoms with Crippen LogP contribution >= 0.6 is 11.8 Å². The summed E-state index contributed by atoms with van der Waals surface area (Å²) in [6, 6.07) is 6.77. The molecule has 0 spiro atoms. The molecule has 3 heterocycles. The molecular formula is C16H15N5O3S. The first-order chi connectivity index (χ1) is 12.1. The Kier molecular flexibility index (Phi) is 4.85. The van der Waals surface area contributed by atoms with Gasteiger partial charge in [0.15, 0.2) is 11.6 Å². The summed E-state index contributed by atoms with van der Waals surface area (Å²) in [6.07, 6.45) is 4.96. The maximum atomic E-state index is 12.5. The van der Waals surface area contributed by atoms with E-state index < -0.39 is 11.8 Å². The zero-order valence-corrected chi connectivity index (χ0v) is 14.3. The van der Waals surface area contributed by atoms with Crippen LogP contribution in [0, 0.1) is 6.92 Å². The van der Waals surface area contributed by atoms with Crippen molar-refractivity contribution in [2.24, 2.45) is 0 Å². The number of hydrogen-bond donors (Lipinski definition) is 3. The zero-order chi connectivity index (χ0) is 17.8. The summed E-state index contributed by atoms with van der Waals surface area (Å²) in [5.74, 6) is -0.0215. The minimum absolute atomic E-state index is 0.301. The van der Waals surface area contributed by atoms with Crippen LogP contribution < -0.4 is 10.9 Å². The molecule has 3 aromatic heterocycles. The molecule has 3 rings (SSSR count). The third-order valence-electron chi connectivity index (χ3n) is 3.35. The minimum Gasteiger partial charge on any atom is -0.461 e. The van der Waals surface area contributed by atoms with E-state index in [2.05, 4.69) is 25.8 Å². The quantitative estimate of drug-likeness (QED) is 0.375. The lowest BCUT2D eigenvalue weighted by molar-refractivity contribution is 0.0841. The van der Waals surface area contributed by atoms with Crippen LogP contribution in [0.4, 0.5) is 0 Å². The fourth-order valence-electron chi connectivity index (χ4n) is 2.19. The van der Waals surface area contributed by atoms with Crippen LogP contribution in [0.25, 0.3) is 11.6 Å². The summed E-state index contributed by atoms with van der Waals surface area (Å²) in [6.45, 7) is 1.70. The first-order valence-corrected chi connectivity index (χ1v) is 8.53. The number of carbonyl (C=O) groups is 2. The van der Waals surface area contributed by atoms with E-state index in [4.69, 9.17) is 4.42 Å². The largest absolute Gasteiger partial charge is 0.461 e. The van der Waals surface area contributed by atoms with E-state index in [0.717, 1.165) is 0 Å². The number of hydrogen-bond acceptors (Lipinski definition) is 6. The number of aryl methyl sites for hydroxylation is 1. The van der Waals surface area contributed by atoms with Crippen LogP contribution in [0.3, 0.4) is 0 Å². The van der Waals surface area contributed by atoms with Crippen molar-refractivity contribution >= 4 is 23.6 Å². The Hall–Kier alpha value is -3.07. The molecule has 128 valence electrons. The van der Waals surface area contributed by atoms with Crippen molar-refractivity contribution in [3.05, 3.63) is 53.7 Å². The molecule has 3 aromatic rings. The Morgan fingerprint density at radius 2 is 1.96 bits per heavy atom. The molecule has 0 aliphatic rings. The fraction of sp³-hybridized carbons (Fsp3) is 0.125. The molecule has 9 heteroatoms. The number of H-pyrrole nitrogens is 1. The molecule has 25 heavy (non-hydrogen) atoms. The SMILES string of the molecule is CSc1nc(-c2ccco2)nc(C)c1C(=O)NNC(=O)c1ccc[nH]1. The second-order valence-electron chi connectivity index (χ2n) is 4.99. The Morgan fingerprint density at radius 1 is 1.16 bits per heavy atom. The summed E-state index contributed by atoms with van der Waals surface area (Å²) in [4.78, 5) is 35.8. The van der Waals surface area contributed by atoms with E-state index in [-0.39, 0.29) is 0 Å². The molecule has 2 amide bonds. The van der Waals surface area contributed by atoms with Gasteiger partial charge in [0.05, 0.1) is 17.5 Å². The Balaban J connectivity index is 1.81. The van der Waals surface area contributed by atoms with Gasteiger partial charge in [0.1, 0.15) is 10.7 Å². The molecule has 0 aliphatic heterocycles. The van der Waals surface area contributed by atoms with Crippen molar-refractivity contribution in [3.8, 4) is 11.6 Å². The number of furan rings is 1. The van der Waals surface area contributed by atoms with Gasteiger partial charge in [-0.05, 0) is 37.4 Å². The minimum atomic E-state index is -0.493. The van der Waals surface area contributed by atoms with Crippen molar-refractivity contribution in [3.63, 3.8) is 0 Å². The number of hydrazine groups is 1. The van der Waals surface area contributed by atoms with Crippen LogP contribution in [-0.4, -0.2) is 33.0 Å². The first kappa shape index (κ1) is 16.8. The van der Waals surface area contributed by atoms with Crippen molar-refractivity contribution in [2.45, 2.75) is 11.9 Å². The lowest BCUT2D eigenvalue weighted by Crippen LogP contribution is -2.42. The van der Waals surface area contributed by atoms with E-state index in [1.54, 1.807) is 37.4 Å². The van der Waals surface area contributed by atoms with Gasteiger partial charge in [-0.2, -0.15) is 0 Å². The number of rotatable bonds is 4. The first-order valence-electron chi connectivity index (χ1n) is 7.30. The van der Waals surface area contributed by atoms with Gasteiger partial charge in [-0.3, -0.25) is 20.4 Å². The monoisotopic (exact) mass is 357 g/mol. The predicted octanol–water partition coefficient (Wildman–Crippen LogP) is 2.17. The predicted molar refractivity (Wildman–Crippen MR) is 92.0 cm³/mol. The highest BCUT2D eigenvalue weighted by molar-refractivity contribution is 7.98. The molecule has 0 saturated carbocycles. The second kappa shape index (κ2) is 7.22. The molecule has 0 aromatic carbocycles. The van der Waals surface area contributed by atoms with Crippen molar-refractivity contribution in [2.75, 3.05) is 6.26 Å². The van der Waals surface area contributed by atoms with Crippen LogP contribution in [0.2, 0.25) is 0 Å². The van der Waals surface area contributed by atoms with Gasteiger partial charge < -0.3 is 9.40 Å². The Bertz CT molecular complexity index is 891. The molecule has 0 bridgehead atoms. The lowest BCUT2D eigenvalue weighted by atomic mass is 10.2. The van der Waals surface area contributed by atoms with Gasteiger partial charge in [-0.15, -0.1) is 11.8 Å². The van der Waals surface area contributed by atoms with Crippen molar-refractivity contribution in [1.29, 1.82) is 0 Å². The molecule has 0 unspecified atom stereocenters. The van der Waals surface area contributed by atoms with Crippen LogP contribution in [0.1, 0.15) is 26.5 Å². The number of nitrogens with zero attached hydrogens (tertiary/aromatic N) is 2. The molecule has 0 radical (unpaired) electrons. The molecular weight excluding hydrogens is 342 g/mol. The van der Waals surface area contributed by atoms with E-state index in [1.807, 2.05) is 6.26 Å². The van der Waals surface area contributed by atoms with Gasteiger partial charge in [-0.25, -0.2) is 9.97 Å². The number of thioether (sulfide) groups is 1. The summed E-state index contributed by atoms with van der Waals surface area (Å²) in [5.41, 5.74) is 5.86. The average molecular weight is 357 g/mol. The summed E-state index contributed by atoms with van der Waals surface area (Å²) < 4.78 is 5.30. The van der Waals surface area contributed by atoms with Gasteiger partial charge in [0, 0.05) is 6.20 Å². The van der Waals surface area contributed by atoms with Gasteiger partial charge in [0.2, 0.25) is 0 Å². The van der Waals surface area contributed by atoms with Gasteiger partial charge in [-0.1, -0.05) is 0 Å². The number of nitrogens with one attached hydrogen (secondary N) is 3. The highest BCUT2D eigenvalue weighted by Gasteiger charge is 2.20. The number of aromatic amines is 1. The Labute approximate surface area is 147 Å². The summed E-state index contributed by atoms with van der Waals surface area (Å²) in [7, 11) is 0. The molecule has 0 fully saturated rings. The highest BCUT2D eigenvalue weighted by Crippen LogP contribution is 2.24. The maximum Gasteiger partial charge on any atom is 0.286 e.